The van der Waals surface area contributed by atoms with Crippen LogP contribution in [0.1, 0.15) is 5.69 Å². The Morgan fingerprint density at radius 3 is 2.75 bits per heavy atom. The van der Waals surface area contributed by atoms with E-state index in [9.17, 15) is 4.79 Å². The lowest BCUT2D eigenvalue weighted by atomic mass is 10.3. The molecule has 1 amide bonds. The number of amides is 1. The molecule has 0 bridgehead atoms. The molecule has 2 aromatic heterocycles. The number of nitrogens with one attached hydrogen (secondary N) is 1. The van der Waals surface area contributed by atoms with E-state index in [2.05, 4.69) is 15.5 Å². The van der Waals surface area contributed by atoms with E-state index in [1.807, 2.05) is 42.6 Å². The summed E-state index contributed by atoms with van der Waals surface area (Å²) in [6.07, 6.45) is 3.85. The summed E-state index contributed by atoms with van der Waals surface area (Å²) in [4.78, 5) is 12.1. The van der Waals surface area contributed by atoms with Crippen LogP contribution in [0.25, 0.3) is 5.69 Å². The van der Waals surface area contributed by atoms with Gasteiger partial charge in [-0.25, -0.2) is 4.68 Å². The number of para-hydroxylation sites is 1. The minimum atomic E-state index is -0.148. The van der Waals surface area contributed by atoms with Gasteiger partial charge in [-0.15, -0.1) is 0 Å². The molecular formula is C17H19N5O2. The molecule has 0 unspecified atom stereocenters. The quantitative estimate of drug-likeness (QED) is 0.720. The van der Waals surface area contributed by atoms with Crippen LogP contribution in [-0.4, -0.2) is 39.2 Å². The largest absolute Gasteiger partial charge is 0.383 e. The number of benzene rings is 1. The molecule has 0 radical (unpaired) electrons. The van der Waals surface area contributed by atoms with Crippen LogP contribution in [0.4, 0.5) is 5.82 Å². The van der Waals surface area contributed by atoms with Gasteiger partial charge in [-0.2, -0.15) is 10.2 Å². The number of carbonyl (C=O) groups is 1. The van der Waals surface area contributed by atoms with E-state index in [0.717, 1.165) is 5.69 Å². The van der Waals surface area contributed by atoms with Crippen molar-refractivity contribution in [1.29, 1.82) is 0 Å². The number of anilines is 1. The van der Waals surface area contributed by atoms with Crippen LogP contribution in [0.5, 0.6) is 0 Å². The maximum absolute atomic E-state index is 12.1. The van der Waals surface area contributed by atoms with E-state index in [0.29, 0.717) is 24.7 Å². The smallest absolute Gasteiger partial charge is 0.231 e. The van der Waals surface area contributed by atoms with Crippen LogP contribution < -0.4 is 5.32 Å². The first-order valence-electron chi connectivity index (χ1n) is 7.67. The fraction of sp³-hybridized carbons (Fsp3) is 0.235. The highest BCUT2D eigenvalue weighted by Gasteiger charge is 2.09. The van der Waals surface area contributed by atoms with E-state index < -0.39 is 0 Å². The van der Waals surface area contributed by atoms with Crippen LogP contribution in [0.2, 0.25) is 0 Å². The van der Waals surface area contributed by atoms with Gasteiger partial charge >= 0.3 is 0 Å². The second-order valence-electron chi connectivity index (χ2n) is 5.27. The molecule has 1 N–H and O–H groups in total. The summed E-state index contributed by atoms with van der Waals surface area (Å²) >= 11 is 0. The van der Waals surface area contributed by atoms with Gasteiger partial charge < -0.3 is 10.1 Å². The zero-order valence-corrected chi connectivity index (χ0v) is 13.4. The first kappa shape index (κ1) is 15.9. The van der Waals surface area contributed by atoms with Crippen LogP contribution in [0.15, 0.2) is 54.9 Å². The highest BCUT2D eigenvalue weighted by atomic mass is 16.5. The predicted molar refractivity (Wildman–Crippen MR) is 90.0 cm³/mol. The summed E-state index contributed by atoms with van der Waals surface area (Å²) in [6, 6.07) is 13.4. The lowest BCUT2D eigenvalue weighted by molar-refractivity contribution is -0.115. The normalized spacial score (nSPS) is 10.7. The number of nitrogens with zero attached hydrogens (tertiary/aromatic N) is 4. The lowest BCUT2D eigenvalue weighted by Crippen LogP contribution is -2.16. The van der Waals surface area contributed by atoms with Gasteiger partial charge in [-0.3, -0.25) is 9.48 Å². The van der Waals surface area contributed by atoms with Gasteiger partial charge in [-0.05, 0) is 18.2 Å². The van der Waals surface area contributed by atoms with Gasteiger partial charge in [0.25, 0.3) is 0 Å². The molecule has 0 aliphatic carbocycles. The minimum Gasteiger partial charge on any atom is -0.383 e. The highest BCUT2D eigenvalue weighted by Crippen LogP contribution is 2.08. The fourth-order valence-corrected chi connectivity index (χ4v) is 2.27. The maximum Gasteiger partial charge on any atom is 0.231 e. The number of hydrogen-bond acceptors (Lipinski definition) is 4. The van der Waals surface area contributed by atoms with Gasteiger partial charge in [0.15, 0.2) is 5.82 Å². The summed E-state index contributed by atoms with van der Waals surface area (Å²) < 4.78 is 8.47. The minimum absolute atomic E-state index is 0.148. The number of aromatic nitrogens is 4. The second kappa shape index (κ2) is 7.56. The second-order valence-corrected chi connectivity index (χ2v) is 5.27. The molecule has 0 fully saturated rings. The molecule has 0 atom stereocenters. The number of ether oxygens (including phenoxy) is 1. The lowest BCUT2D eigenvalue weighted by Gasteiger charge is -2.02. The Morgan fingerprint density at radius 1 is 1.12 bits per heavy atom. The molecule has 124 valence electrons. The summed E-state index contributed by atoms with van der Waals surface area (Å²) in [7, 11) is 1.64. The van der Waals surface area contributed by atoms with Crippen LogP contribution in [0, 0.1) is 0 Å². The van der Waals surface area contributed by atoms with Gasteiger partial charge in [0, 0.05) is 25.6 Å². The van der Waals surface area contributed by atoms with Gasteiger partial charge in [0.1, 0.15) is 0 Å². The molecule has 3 rings (SSSR count). The fourth-order valence-electron chi connectivity index (χ4n) is 2.27. The average Bonchev–Trinajstić information content (AvgIpc) is 3.23. The van der Waals surface area contributed by atoms with Crippen molar-refractivity contribution in [2.45, 2.75) is 13.0 Å². The van der Waals surface area contributed by atoms with Crippen molar-refractivity contribution >= 4 is 11.7 Å². The highest BCUT2D eigenvalue weighted by molar-refractivity contribution is 5.91. The first-order chi connectivity index (χ1) is 11.7. The molecule has 7 heteroatoms. The van der Waals surface area contributed by atoms with Crippen molar-refractivity contribution in [3.05, 3.63) is 60.6 Å². The maximum atomic E-state index is 12.1. The van der Waals surface area contributed by atoms with E-state index in [4.69, 9.17) is 4.74 Å². The Labute approximate surface area is 139 Å². The SMILES string of the molecule is COCCn1ccc(NC(=O)Cc2ccn(-c3ccccc3)n2)n1. The van der Waals surface area contributed by atoms with Crippen molar-refractivity contribution in [1.82, 2.24) is 19.6 Å². The van der Waals surface area contributed by atoms with Crippen molar-refractivity contribution < 1.29 is 9.53 Å². The van der Waals surface area contributed by atoms with E-state index in [-0.39, 0.29) is 12.3 Å². The zero-order valence-electron chi connectivity index (χ0n) is 13.4. The Bertz CT molecular complexity index is 794. The molecule has 2 heterocycles. The van der Waals surface area contributed by atoms with Crippen molar-refractivity contribution in [3.63, 3.8) is 0 Å². The molecule has 0 saturated carbocycles. The summed E-state index contributed by atoms with van der Waals surface area (Å²) in [6.45, 7) is 1.22. The number of methoxy groups -OCH3 is 1. The standard InChI is InChI=1S/C17H19N5O2/c1-24-12-11-21-9-8-16(20-21)18-17(23)13-14-7-10-22(19-14)15-5-3-2-4-6-15/h2-10H,11-13H2,1H3,(H,18,20,23). The topological polar surface area (TPSA) is 74.0 Å². The van der Waals surface area contributed by atoms with Crippen molar-refractivity contribution in [2.75, 3.05) is 19.0 Å². The van der Waals surface area contributed by atoms with E-state index in [1.54, 1.807) is 28.7 Å². The molecule has 24 heavy (non-hydrogen) atoms. The molecule has 3 aromatic rings. The molecule has 0 spiro atoms. The van der Waals surface area contributed by atoms with Gasteiger partial charge in [-0.1, -0.05) is 18.2 Å². The third kappa shape index (κ3) is 4.08. The van der Waals surface area contributed by atoms with E-state index in [1.165, 1.54) is 0 Å². The van der Waals surface area contributed by atoms with Crippen LogP contribution in [-0.2, 0) is 22.5 Å². The van der Waals surface area contributed by atoms with Crippen molar-refractivity contribution in [3.8, 4) is 5.69 Å². The van der Waals surface area contributed by atoms with Gasteiger partial charge in [0.05, 0.1) is 31.0 Å². The monoisotopic (exact) mass is 325 g/mol. The molecule has 1 aromatic carbocycles. The number of carbonyl (C=O) groups excluding carboxylic acids is 1. The zero-order chi connectivity index (χ0) is 16.8. The molecule has 0 saturated heterocycles. The van der Waals surface area contributed by atoms with Crippen LogP contribution in [0.3, 0.4) is 0 Å². The van der Waals surface area contributed by atoms with Crippen LogP contribution >= 0.6 is 0 Å². The number of hydrogen-bond donors (Lipinski definition) is 1. The molecule has 7 nitrogen and oxygen atoms in total. The third-order valence-corrected chi connectivity index (χ3v) is 3.44. The average molecular weight is 325 g/mol. The number of rotatable bonds is 7. The Morgan fingerprint density at radius 2 is 1.96 bits per heavy atom. The van der Waals surface area contributed by atoms with Crippen molar-refractivity contribution in [2.24, 2.45) is 0 Å². The first-order valence-corrected chi connectivity index (χ1v) is 7.67. The van der Waals surface area contributed by atoms with Gasteiger partial charge in [0.2, 0.25) is 5.91 Å². The molecule has 0 aliphatic heterocycles. The molecule has 0 aliphatic rings. The summed E-state index contributed by atoms with van der Waals surface area (Å²) in [5.74, 6) is 0.379. The Balaban J connectivity index is 1.57. The predicted octanol–water partition coefficient (Wildman–Crippen LogP) is 1.90. The summed E-state index contributed by atoms with van der Waals surface area (Å²) in [5.41, 5.74) is 1.66. The Hall–Kier alpha value is -2.93. The van der Waals surface area contributed by atoms with E-state index >= 15 is 0 Å². The Kier molecular flexibility index (Phi) is 5.02. The molecular weight excluding hydrogens is 306 g/mol. The summed E-state index contributed by atoms with van der Waals surface area (Å²) in [5, 5.41) is 11.5. The third-order valence-electron chi connectivity index (χ3n) is 3.44.